The van der Waals surface area contributed by atoms with Crippen LogP contribution in [-0.2, 0) is 6.54 Å². The molecule has 0 unspecified atom stereocenters. The van der Waals surface area contributed by atoms with Gasteiger partial charge in [-0.3, -0.25) is 0 Å². The van der Waals surface area contributed by atoms with Crippen LogP contribution >= 0.6 is 0 Å². The molecule has 1 atom stereocenters. The lowest BCUT2D eigenvalue weighted by Crippen LogP contribution is -2.03. The van der Waals surface area contributed by atoms with Crippen molar-refractivity contribution < 1.29 is 5.11 Å². The zero-order valence-electron chi connectivity index (χ0n) is 11.8. The van der Waals surface area contributed by atoms with Crippen LogP contribution in [0.2, 0.25) is 0 Å². The fraction of sp³-hybridized carbons (Fsp3) is 0.167. The highest BCUT2D eigenvalue weighted by Gasteiger charge is 2.08. The van der Waals surface area contributed by atoms with Gasteiger partial charge >= 0.3 is 0 Å². The Morgan fingerprint density at radius 3 is 2.33 bits per heavy atom. The Morgan fingerprint density at radius 1 is 0.952 bits per heavy atom. The van der Waals surface area contributed by atoms with Crippen molar-refractivity contribution in [3.05, 3.63) is 78.9 Å². The minimum absolute atomic E-state index is 0.447. The molecule has 0 radical (unpaired) electrons. The topological polar surface area (TPSA) is 38.0 Å². The van der Waals surface area contributed by atoms with E-state index in [0.717, 1.165) is 12.1 Å². The average Bonchev–Trinajstić information content (AvgIpc) is 3.07. The van der Waals surface area contributed by atoms with Gasteiger partial charge in [0.15, 0.2) is 0 Å². The van der Waals surface area contributed by atoms with E-state index in [-0.39, 0.29) is 0 Å². The van der Waals surface area contributed by atoms with Crippen LogP contribution in [0.25, 0.3) is 11.1 Å². The van der Waals surface area contributed by atoms with Crippen LogP contribution in [0.15, 0.2) is 73.3 Å². The lowest BCUT2D eigenvalue weighted by molar-refractivity contribution is 0.161. The Balaban J connectivity index is 1.66. The predicted octanol–water partition coefficient (Wildman–Crippen LogP) is 3.67. The molecule has 0 amide bonds. The number of imidazole rings is 1. The van der Waals surface area contributed by atoms with Gasteiger partial charge in [0.1, 0.15) is 0 Å². The third kappa shape index (κ3) is 3.38. The van der Waals surface area contributed by atoms with E-state index in [1.54, 1.807) is 12.5 Å². The van der Waals surface area contributed by atoms with E-state index in [2.05, 4.69) is 29.2 Å². The molecule has 0 spiro atoms. The molecule has 0 aliphatic heterocycles. The van der Waals surface area contributed by atoms with Gasteiger partial charge in [0, 0.05) is 18.9 Å². The Bertz CT molecular complexity index is 660. The van der Waals surface area contributed by atoms with Crippen LogP contribution in [-0.4, -0.2) is 14.7 Å². The van der Waals surface area contributed by atoms with Crippen molar-refractivity contribution in [2.45, 2.75) is 19.1 Å². The Kier molecular flexibility index (Phi) is 4.12. The zero-order chi connectivity index (χ0) is 14.5. The first-order chi connectivity index (χ1) is 10.3. The predicted molar refractivity (Wildman–Crippen MR) is 83.7 cm³/mol. The number of hydrogen-bond acceptors (Lipinski definition) is 2. The van der Waals surface area contributed by atoms with Crippen molar-refractivity contribution in [2.24, 2.45) is 0 Å². The second-order valence-electron chi connectivity index (χ2n) is 5.09. The zero-order valence-corrected chi connectivity index (χ0v) is 11.8. The summed E-state index contributed by atoms with van der Waals surface area (Å²) in [5.41, 5.74) is 3.31. The number of nitrogens with zero attached hydrogens (tertiary/aromatic N) is 2. The van der Waals surface area contributed by atoms with Gasteiger partial charge in [-0.25, -0.2) is 4.98 Å². The fourth-order valence-electron chi connectivity index (χ4n) is 2.39. The molecule has 0 bridgehead atoms. The van der Waals surface area contributed by atoms with Gasteiger partial charge in [0.25, 0.3) is 0 Å². The Hall–Kier alpha value is -2.39. The van der Waals surface area contributed by atoms with Gasteiger partial charge < -0.3 is 9.67 Å². The standard InChI is InChI=1S/C18H18N2O/c21-18(10-12-20-13-11-19-14-20)17-8-6-16(7-9-17)15-4-2-1-3-5-15/h1-9,11,13-14,18,21H,10,12H2/t18-/m0/s1. The van der Waals surface area contributed by atoms with Crippen LogP contribution in [0.1, 0.15) is 18.1 Å². The molecule has 3 rings (SSSR count). The summed E-state index contributed by atoms with van der Waals surface area (Å²) in [4.78, 5) is 4.00. The molecular formula is C18H18N2O. The lowest BCUT2D eigenvalue weighted by Gasteiger charge is -2.12. The average molecular weight is 278 g/mol. The largest absolute Gasteiger partial charge is 0.388 e. The molecule has 1 heterocycles. The number of benzene rings is 2. The van der Waals surface area contributed by atoms with E-state index in [1.807, 2.05) is 41.1 Å². The summed E-state index contributed by atoms with van der Waals surface area (Å²) in [6.45, 7) is 0.765. The first-order valence-corrected chi connectivity index (χ1v) is 7.12. The summed E-state index contributed by atoms with van der Waals surface area (Å²) < 4.78 is 1.97. The molecule has 1 aromatic heterocycles. The van der Waals surface area contributed by atoms with Crippen molar-refractivity contribution in [2.75, 3.05) is 0 Å². The highest BCUT2D eigenvalue weighted by Crippen LogP contribution is 2.23. The quantitative estimate of drug-likeness (QED) is 0.773. The van der Waals surface area contributed by atoms with Gasteiger partial charge in [0.05, 0.1) is 12.4 Å². The molecule has 0 fully saturated rings. The van der Waals surface area contributed by atoms with Crippen LogP contribution < -0.4 is 0 Å². The number of rotatable bonds is 5. The number of aliphatic hydroxyl groups excluding tert-OH is 1. The van der Waals surface area contributed by atoms with Crippen LogP contribution in [0, 0.1) is 0 Å². The van der Waals surface area contributed by atoms with Crippen LogP contribution in [0.4, 0.5) is 0 Å². The second-order valence-corrected chi connectivity index (χ2v) is 5.09. The molecule has 1 N–H and O–H groups in total. The molecule has 0 aliphatic rings. The van der Waals surface area contributed by atoms with Crippen molar-refractivity contribution >= 4 is 0 Å². The molecule has 2 aromatic carbocycles. The molecule has 3 aromatic rings. The normalized spacial score (nSPS) is 12.2. The summed E-state index contributed by atoms with van der Waals surface area (Å²) in [5, 5.41) is 10.2. The van der Waals surface area contributed by atoms with Gasteiger partial charge in [-0.2, -0.15) is 0 Å². The van der Waals surface area contributed by atoms with Crippen molar-refractivity contribution in [1.82, 2.24) is 9.55 Å². The lowest BCUT2D eigenvalue weighted by atomic mass is 10.0. The van der Waals surface area contributed by atoms with E-state index in [0.29, 0.717) is 6.42 Å². The fourth-order valence-corrected chi connectivity index (χ4v) is 2.39. The van der Waals surface area contributed by atoms with E-state index in [9.17, 15) is 5.11 Å². The van der Waals surface area contributed by atoms with E-state index in [4.69, 9.17) is 0 Å². The van der Waals surface area contributed by atoms with Gasteiger partial charge in [-0.05, 0) is 23.1 Å². The third-order valence-corrected chi connectivity index (χ3v) is 3.62. The first-order valence-electron chi connectivity index (χ1n) is 7.12. The van der Waals surface area contributed by atoms with Crippen LogP contribution in [0.5, 0.6) is 0 Å². The SMILES string of the molecule is O[C@@H](CCn1ccnc1)c1ccc(-c2ccccc2)cc1. The smallest absolute Gasteiger partial charge is 0.0945 e. The van der Waals surface area contributed by atoms with E-state index >= 15 is 0 Å². The molecule has 0 aliphatic carbocycles. The van der Waals surface area contributed by atoms with E-state index in [1.165, 1.54) is 11.1 Å². The molecular weight excluding hydrogens is 260 g/mol. The van der Waals surface area contributed by atoms with Gasteiger partial charge in [-0.1, -0.05) is 54.6 Å². The van der Waals surface area contributed by atoms with Gasteiger partial charge in [0.2, 0.25) is 0 Å². The third-order valence-electron chi connectivity index (χ3n) is 3.62. The number of hydrogen-bond donors (Lipinski definition) is 1. The maximum atomic E-state index is 10.2. The Morgan fingerprint density at radius 2 is 1.67 bits per heavy atom. The van der Waals surface area contributed by atoms with Crippen molar-refractivity contribution in [3.8, 4) is 11.1 Å². The number of aryl methyl sites for hydroxylation is 1. The monoisotopic (exact) mass is 278 g/mol. The summed E-state index contributed by atoms with van der Waals surface area (Å²) in [6, 6.07) is 18.4. The maximum absolute atomic E-state index is 10.2. The van der Waals surface area contributed by atoms with Crippen molar-refractivity contribution in [3.63, 3.8) is 0 Å². The number of aromatic nitrogens is 2. The Labute approximate surface area is 124 Å². The van der Waals surface area contributed by atoms with E-state index < -0.39 is 6.10 Å². The van der Waals surface area contributed by atoms with Crippen LogP contribution in [0.3, 0.4) is 0 Å². The summed E-state index contributed by atoms with van der Waals surface area (Å²) in [7, 11) is 0. The summed E-state index contributed by atoms with van der Waals surface area (Å²) >= 11 is 0. The minimum Gasteiger partial charge on any atom is -0.388 e. The summed E-state index contributed by atoms with van der Waals surface area (Å²) in [5.74, 6) is 0. The van der Waals surface area contributed by atoms with Crippen molar-refractivity contribution in [1.29, 1.82) is 0 Å². The maximum Gasteiger partial charge on any atom is 0.0945 e. The molecule has 106 valence electrons. The molecule has 21 heavy (non-hydrogen) atoms. The molecule has 0 saturated carbocycles. The molecule has 3 nitrogen and oxygen atoms in total. The highest BCUT2D eigenvalue weighted by atomic mass is 16.3. The molecule has 0 saturated heterocycles. The van der Waals surface area contributed by atoms with Gasteiger partial charge in [-0.15, -0.1) is 0 Å². The highest BCUT2D eigenvalue weighted by molar-refractivity contribution is 5.63. The second kappa shape index (κ2) is 6.37. The first kappa shape index (κ1) is 13.6. The molecule has 3 heteroatoms. The number of aliphatic hydroxyl groups is 1. The minimum atomic E-state index is -0.447. The summed E-state index contributed by atoms with van der Waals surface area (Å²) in [6.07, 6.45) is 5.66.